The van der Waals surface area contributed by atoms with Crippen LogP contribution in [0, 0.1) is 0 Å². The third-order valence-electron chi connectivity index (χ3n) is 0.486. The maximum Gasteiger partial charge on any atom is 0.0944 e. The highest BCUT2D eigenvalue weighted by atomic mass is 35.5. The van der Waals surface area contributed by atoms with Gasteiger partial charge >= 0.3 is 0 Å². The minimum absolute atomic E-state index is 0.307. The molecule has 0 aliphatic rings. The van der Waals surface area contributed by atoms with E-state index in [1.807, 2.05) is 0 Å². The molecule has 1 aromatic heterocycles. The summed E-state index contributed by atoms with van der Waals surface area (Å²) in [7, 11) is 0. The van der Waals surface area contributed by atoms with Crippen molar-refractivity contribution >= 4 is 34.5 Å². The maximum absolute atomic E-state index is 7.03. The van der Waals surface area contributed by atoms with Crippen LogP contribution in [0.25, 0.3) is 0 Å². The molecular formula is C4H2Cl2S. The molecule has 38 valence electrons. The summed E-state index contributed by atoms with van der Waals surface area (Å²) < 4.78 is 8.06. The predicted molar refractivity (Wildman–Crippen MR) is 34.3 cm³/mol. The smallest absolute Gasteiger partial charge is 0.0944 e. The quantitative estimate of drug-likeness (QED) is 0.538. The van der Waals surface area contributed by atoms with Crippen molar-refractivity contribution < 1.29 is 1.37 Å². The normalized spacial score (nSPS) is 11.4. The van der Waals surface area contributed by atoms with Crippen LogP contribution in [0.4, 0.5) is 0 Å². The Morgan fingerprint density at radius 1 is 1.57 bits per heavy atom. The molecule has 0 aliphatic heterocycles. The van der Waals surface area contributed by atoms with E-state index < -0.39 is 0 Å². The van der Waals surface area contributed by atoms with E-state index in [9.17, 15) is 0 Å². The summed E-state index contributed by atoms with van der Waals surface area (Å²) in [6, 6.07) is 1.83. The first kappa shape index (κ1) is 4.19. The largest absolute Gasteiger partial charge is 0.112 e. The van der Waals surface area contributed by atoms with Crippen LogP contribution in [0.3, 0.4) is 0 Å². The molecule has 0 bridgehead atoms. The van der Waals surface area contributed by atoms with Gasteiger partial charge in [-0.05, 0) is 12.1 Å². The first-order chi connectivity index (χ1) is 3.70. The van der Waals surface area contributed by atoms with Gasteiger partial charge in [0.1, 0.15) is 0 Å². The molecular weight excluding hydrogens is 151 g/mol. The van der Waals surface area contributed by atoms with E-state index in [4.69, 9.17) is 24.6 Å². The Balaban J connectivity index is 3.14. The van der Waals surface area contributed by atoms with Gasteiger partial charge in [-0.15, -0.1) is 11.3 Å². The summed E-state index contributed by atoms with van der Waals surface area (Å²) in [4.78, 5) is 0. The van der Waals surface area contributed by atoms with Gasteiger partial charge < -0.3 is 0 Å². The average molecular weight is 154 g/mol. The minimum atomic E-state index is 0.307. The van der Waals surface area contributed by atoms with Crippen LogP contribution in [0.2, 0.25) is 8.67 Å². The fourth-order valence-electron chi connectivity index (χ4n) is 0.258. The zero-order valence-corrected chi connectivity index (χ0v) is 5.57. The number of hydrogen-bond donors (Lipinski definition) is 0. The Bertz CT molecular complexity index is 176. The van der Waals surface area contributed by atoms with Gasteiger partial charge in [0.25, 0.3) is 0 Å². The lowest BCUT2D eigenvalue weighted by Gasteiger charge is -1.66. The van der Waals surface area contributed by atoms with Gasteiger partial charge in [0.05, 0.1) is 10.0 Å². The van der Waals surface area contributed by atoms with Crippen molar-refractivity contribution in [2.75, 3.05) is 0 Å². The second-order valence-electron chi connectivity index (χ2n) is 0.969. The van der Waals surface area contributed by atoms with Crippen LogP contribution in [0.1, 0.15) is 1.37 Å². The molecule has 0 aromatic carbocycles. The summed E-state index contributed by atoms with van der Waals surface area (Å²) in [6.07, 6.45) is 0. The highest BCUT2D eigenvalue weighted by Gasteiger charge is 1.89. The molecule has 1 aromatic rings. The van der Waals surface area contributed by atoms with E-state index in [-0.39, 0.29) is 0 Å². The molecule has 0 saturated heterocycles. The van der Waals surface area contributed by atoms with Crippen molar-refractivity contribution in [2.24, 2.45) is 0 Å². The molecule has 7 heavy (non-hydrogen) atoms. The van der Waals surface area contributed by atoms with Crippen molar-refractivity contribution in [2.45, 2.75) is 0 Å². The molecule has 0 N–H and O–H groups in total. The molecule has 0 spiro atoms. The number of rotatable bonds is 0. The highest BCUT2D eigenvalue weighted by Crippen LogP contribution is 2.24. The Morgan fingerprint density at radius 2 is 2.29 bits per heavy atom. The van der Waals surface area contributed by atoms with E-state index in [0.29, 0.717) is 14.7 Å². The minimum Gasteiger partial charge on any atom is -0.112 e. The molecule has 1 rings (SSSR count). The Kier molecular flexibility index (Phi) is 1.22. The van der Waals surface area contributed by atoms with Crippen LogP contribution < -0.4 is 0 Å². The zero-order chi connectivity index (χ0) is 6.15. The van der Waals surface area contributed by atoms with Gasteiger partial charge in [-0.1, -0.05) is 23.2 Å². The number of thiophene rings is 1. The standard InChI is InChI=1S/C4H2Cl2S/c5-3-1-2-4(6)7-3/h1-2H/i1D. The molecule has 0 saturated carbocycles. The SMILES string of the molecule is [2H]c1cc(Cl)sc1Cl. The fraction of sp³-hybridized carbons (Fsp3) is 0. The molecule has 3 heteroatoms. The summed E-state index contributed by atoms with van der Waals surface area (Å²) in [5.74, 6) is 0. The van der Waals surface area contributed by atoms with Crippen molar-refractivity contribution in [3.05, 3.63) is 20.8 Å². The van der Waals surface area contributed by atoms with Gasteiger partial charge in [0, 0.05) is 0 Å². The number of halogens is 2. The number of hydrogen-bond acceptors (Lipinski definition) is 1. The molecule has 0 atom stereocenters. The van der Waals surface area contributed by atoms with Crippen LogP contribution in [-0.4, -0.2) is 0 Å². The molecule has 0 fully saturated rings. The van der Waals surface area contributed by atoms with E-state index in [1.165, 1.54) is 17.4 Å². The van der Waals surface area contributed by atoms with Crippen LogP contribution in [0.5, 0.6) is 0 Å². The van der Waals surface area contributed by atoms with E-state index in [0.717, 1.165) is 0 Å². The monoisotopic (exact) mass is 153 g/mol. The molecule has 0 aliphatic carbocycles. The van der Waals surface area contributed by atoms with Gasteiger partial charge in [-0.3, -0.25) is 0 Å². The average Bonchev–Trinajstić information content (AvgIpc) is 1.85. The molecule has 0 unspecified atom stereocenters. The molecule has 1 heterocycles. The van der Waals surface area contributed by atoms with Crippen LogP contribution in [0.15, 0.2) is 12.1 Å². The maximum atomic E-state index is 7.03. The van der Waals surface area contributed by atoms with Crippen molar-refractivity contribution in [1.29, 1.82) is 0 Å². The molecule has 0 amide bonds. The lowest BCUT2D eigenvalue weighted by molar-refractivity contribution is 2.02. The zero-order valence-electron chi connectivity index (χ0n) is 4.24. The Labute approximate surface area is 57.1 Å². The lowest BCUT2D eigenvalue weighted by Crippen LogP contribution is -1.30. The van der Waals surface area contributed by atoms with Crippen LogP contribution >= 0.6 is 34.5 Å². The van der Waals surface area contributed by atoms with E-state index in [1.54, 1.807) is 0 Å². The fourth-order valence-corrected chi connectivity index (χ4v) is 1.37. The predicted octanol–water partition coefficient (Wildman–Crippen LogP) is 3.05. The summed E-state index contributed by atoms with van der Waals surface area (Å²) in [6.45, 7) is 0. The Morgan fingerprint density at radius 3 is 2.43 bits per heavy atom. The summed E-state index contributed by atoms with van der Waals surface area (Å²) >= 11 is 12.2. The van der Waals surface area contributed by atoms with Gasteiger partial charge in [0.2, 0.25) is 0 Å². The second-order valence-corrected chi connectivity index (χ2v) is 3.25. The van der Waals surface area contributed by atoms with Crippen molar-refractivity contribution in [3.8, 4) is 0 Å². The third-order valence-corrected chi connectivity index (χ3v) is 1.78. The Hall–Kier alpha value is 0.280. The van der Waals surface area contributed by atoms with E-state index in [2.05, 4.69) is 0 Å². The van der Waals surface area contributed by atoms with Crippen molar-refractivity contribution in [1.82, 2.24) is 0 Å². The second kappa shape index (κ2) is 2.03. The lowest BCUT2D eigenvalue weighted by atomic mass is 10.7. The molecule has 0 radical (unpaired) electrons. The molecule has 0 nitrogen and oxygen atoms in total. The summed E-state index contributed by atoms with van der Waals surface area (Å²) in [5.41, 5.74) is 0. The first-order valence-corrected chi connectivity index (χ1v) is 3.19. The highest BCUT2D eigenvalue weighted by molar-refractivity contribution is 7.19. The van der Waals surface area contributed by atoms with Gasteiger partial charge in [0.15, 0.2) is 0 Å². The topological polar surface area (TPSA) is 0 Å². The summed E-state index contributed by atoms with van der Waals surface area (Å²) in [5, 5.41) is 0. The first-order valence-electron chi connectivity index (χ1n) is 2.11. The van der Waals surface area contributed by atoms with Gasteiger partial charge in [-0.2, -0.15) is 0 Å². The third kappa shape index (κ3) is 1.34. The van der Waals surface area contributed by atoms with Crippen LogP contribution in [-0.2, 0) is 0 Å². The van der Waals surface area contributed by atoms with Crippen molar-refractivity contribution in [3.63, 3.8) is 0 Å². The van der Waals surface area contributed by atoms with Gasteiger partial charge in [-0.25, -0.2) is 0 Å². The van der Waals surface area contributed by atoms with E-state index >= 15 is 0 Å².